The number of carbonyl (C=O) groups excluding carboxylic acids is 2. The van der Waals surface area contributed by atoms with Gasteiger partial charge in [-0.25, -0.2) is 4.79 Å². The maximum atomic E-state index is 12.7. The number of hydrogen-bond donors (Lipinski definition) is 1. The third-order valence-corrected chi connectivity index (χ3v) is 4.59. The zero-order valence-corrected chi connectivity index (χ0v) is 17.4. The SMILES string of the molecule is COB(OC)c1ccc(C[C@H](NC(=O)Cc2ccc(C(F)(F)F)cc2)C(=O)OC)cc1. The van der Waals surface area contributed by atoms with E-state index < -0.39 is 36.8 Å². The number of benzene rings is 2. The summed E-state index contributed by atoms with van der Waals surface area (Å²) in [5.41, 5.74) is 1.15. The van der Waals surface area contributed by atoms with E-state index in [1.807, 2.05) is 0 Å². The normalized spacial score (nSPS) is 12.2. The van der Waals surface area contributed by atoms with E-state index in [0.29, 0.717) is 5.56 Å². The van der Waals surface area contributed by atoms with Crippen LogP contribution >= 0.6 is 0 Å². The average Bonchev–Trinajstić information content (AvgIpc) is 2.74. The Morgan fingerprint density at radius 2 is 1.48 bits per heavy atom. The van der Waals surface area contributed by atoms with Crippen LogP contribution in [0.5, 0.6) is 0 Å². The summed E-state index contributed by atoms with van der Waals surface area (Å²) in [6, 6.07) is 10.5. The largest absolute Gasteiger partial charge is 0.493 e. The molecule has 0 heterocycles. The van der Waals surface area contributed by atoms with Crippen LogP contribution in [0.4, 0.5) is 13.2 Å². The molecule has 0 aliphatic heterocycles. The van der Waals surface area contributed by atoms with E-state index in [1.54, 1.807) is 24.3 Å². The van der Waals surface area contributed by atoms with Gasteiger partial charge in [0, 0.05) is 20.6 Å². The van der Waals surface area contributed by atoms with Crippen LogP contribution in [-0.4, -0.2) is 46.4 Å². The fraction of sp³-hybridized carbons (Fsp3) is 0.333. The van der Waals surface area contributed by atoms with Gasteiger partial charge in [0.15, 0.2) is 0 Å². The van der Waals surface area contributed by atoms with Crippen molar-refractivity contribution in [2.75, 3.05) is 21.3 Å². The first-order chi connectivity index (χ1) is 14.7. The number of esters is 1. The molecule has 0 fully saturated rings. The highest BCUT2D eigenvalue weighted by Crippen LogP contribution is 2.29. The van der Waals surface area contributed by atoms with Crippen LogP contribution in [0.1, 0.15) is 16.7 Å². The molecule has 2 aromatic rings. The van der Waals surface area contributed by atoms with Gasteiger partial charge >= 0.3 is 19.3 Å². The molecule has 0 radical (unpaired) electrons. The van der Waals surface area contributed by atoms with Crippen molar-refractivity contribution in [2.45, 2.75) is 25.1 Å². The average molecular weight is 437 g/mol. The molecule has 1 N–H and O–H groups in total. The Labute approximate surface area is 178 Å². The molecule has 1 atom stereocenters. The van der Waals surface area contributed by atoms with E-state index >= 15 is 0 Å². The zero-order valence-electron chi connectivity index (χ0n) is 17.4. The number of alkyl halides is 3. The number of hydrogen-bond acceptors (Lipinski definition) is 5. The molecule has 0 spiro atoms. The molecule has 0 aliphatic rings. The summed E-state index contributed by atoms with van der Waals surface area (Å²) < 4.78 is 53.1. The van der Waals surface area contributed by atoms with Gasteiger partial charge in [0.25, 0.3) is 0 Å². The molecule has 31 heavy (non-hydrogen) atoms. The molecule has 10 heteroatoms. The monoisotopic (exact) mass is 437 g/mol. The Morgan fingerprint density at radius 3 is 1.97 bits per heavy atom. The van der Waals surface area contributed by atoms with Crippen LogP contribution < -0.4 is 10.8 Å². The minimum Gasteiger partial charge on any atom is -0.467 e. The molecule has 0 unspecified atom stereocenters. The van der Waals surface area contributed by atoms with Gasteiger partial charge in [-0.3, -0.25) is 4.79 Å². The molecule has 0 bridgehead atoms. The molecular formula is C21H23BF3NO5. The van der Waals surface area contributed by atoms with E-state index in [-0.39, 0.29) is 12.8 Å². The number of rotatable bonds is 9. The lowest BCUT2D eigenvalue weighted by Crippen LogP contribution is -2.43. The highest BCUT2D eigenvalue weighted by atomic mass is 19.4. The Kier molecular flexibility index (Phi) is 8.64. The lowest BCUT2D eigenvalue weighted by molar-refractivity contribution is -0.145. The van der Waals surface area contributed by atoms with E-state index in [9.17, 15) is 22.8 Å². The predicted molar refractivity (Wildman–Crippen MR) is 109 cm³/mol. The van der Waals surface area contributed by atoms with Gasteiger partial charge in [-0.15, -0.1) is 0 Å². The van der Waals surface area contributed by atoms with Crippen molar-refractivity contribution in [3.63, 3.8) is 0 Å². The summed E-state index contributed by atoms with van der Waals surface area (Å²) in [5.74, 6) is -1.14. The first-order valence-corrected chi connectivity index (χ1v) is 9.35. The van der Waals surface area contributed by atoms with Gasteiger partial charge in [-0.1, -0.05) is 36.4 Å². The van der Waals surface area contributed by atoms with Crippen molar-refractivity contribution < 1.29 is 36.8 Å². The highest BCUT2D eigenvalue weighted by Gasteiger charge is 2.30. The van der Waals surface area contributed by atoms with Crippen molar-refractivity contribution in [1.82, 2.24) is 5.32 Å². The van der Waals surface area contributed by atoms with Crippen molar-refractivity contribution in [2.24, 2.45) is 0 Å². The van der Waals surface area contributed by atoms with Crippen LogP contribution in [-0.2, 0) is 42.7 Å². The molecule has 2 rings (SSSR count). The number of methoxy groups -OCH3 is 1. The number of ether oxygens (including phenoxy) is 1. The molecule has 6 nitrogen and oxygen atoms in total. The fourth-order valence-corrected chi connectivity index (χ4v) is 2.99. The van der Waals surface area contributed by atoms with Gasteiger partial charge in [0.05, 0.1) is 19.1 Å². The zero-order chi connectivity index (χ0) is 23.0. The Morgan fingerprint density at radius 1 is 0.935 bits per heavy atom. The maximum absolute atomic E-state index is 12.7. The van der Waals surface area contributed by atoms with Crippen molar-refractivity contribution in [3.8, 4) is 0 Å². The molecule has 0 saturated carbocycles. The van der Waals surface area contributed by atoms with Gasteiger partial charge in [-0.2, -0.15) is 13.2 Å². The van der Waals surface area contributed by atoms with Gasteiger partial charge < -0.3 is 19.4 Å². The summed E-state index contributed by atoms with van der Waals surface area (Å²) in [5, 5.41) is 2.58. The molecule has 166 valence electrons. The first-order valence-electron chi connectivity index (χ1n) is 9.35. The molecule has 0 aliphatic carbocycles. The second-order valence-electron chi connectivity index (χ2n) is 6.76. The summed E-state index contributed by atoms with van der Waals surface area (Å²) in [6.07, 6.45) is -4.44. The van der Waals surface area contributed by atoms with Crippen molar-refractivity contribution >= 4 is 24.5 Å². The summed E-state index contributed by atoms with van der Waals surface area (Å²) >= 11 is 0. The standard InChI is InChI=1S/C21H23BF3NO5/c1-29-20(28)18(12-14-6-10-17(11-7-14)22(30-2)31-3)26-19(27)13-15-4-8-16(9-5-15)21(23,24)25/h4-11,18H,12-13H2,1-3H3,(H,26,27)/t18-/m0/s1. The van der Waals surface area contributed by atoms with Gasteiger partial charge in [-0.05, 0) is 28.7 Å². The van der Waals surface area contributed by atoms with E-state index in [4.69, 9.17) is 14.0 Å². The minimum absolute atomic E-state index is 0.173. The number of halogens is 3. The molecule has 0 aromatic heterocycles. The second kappa shape index (κ2) is 11.0. The molecule has 0 saturated heterocycles. The summed E-state index contributed by atoms with van der Waals surface area (Å²) in [6.45, 7) is 0. The van der Waals surface area contributed by atoms with Crippen LogP contribution in [0.2, 0.25) is 0 Å². The quantitative estimate of drug-likeness (QED) is 0.481. The van der Waals surface area contributed by atoms with Crippen molar-refractivity contribution in [1.29, 1.82) is 0 Å². The number of amides is 1. The Hall–Kier alpha value is -2.85. The third-order valence-electron chi connectivity index (χ3n) is 4.59. The topological polar surface area (TPSA) is 73.9 Å². The molecular weight excluding hydrogens is 414 g/mol. The summed E-state index contributed by atoms with van der Waals surface area (Å²) in [7, 11) is 3.72. The van der Waals surface area contributed by atoms with E-state index in [2.05, 4.69) is 5.32 Å². The Balaban J connectivity index is 2.04. The van der Waals surface area contributed by atoms with Crippen LogP contribution in [0.25, 0.3) is 0 Å². The molecule has 2 aromatic carbocycles. The number of nitrogens with one attached hydrogen (secondary N) is 1. The maximum Gasteiger partial charge on any atom is 0.493 e. The lowest BCUT2D eigenvalue weighted by Gasteiger charge is -2.17. The molecule has 1 amide bonds. The fourth-order valence-electron chi connectivity index (χ4n) is 2.99. The van der Waals surface area contributed by atoms with Crippen LogP contribution in [0.15, 0.2) is 48.5 Å². The van der Waals surface area contributed by atoms with Crippen LogP contribution in [0.3, 0.4) is 0 Å². The minimum atomic E-state index is -4.45. The third kappa shape index (κ3) is 7.11. The van der Waals surface area contributed by atoms with Crippen LogP contribution in [0, 0.1) is 0 Å². The van der Waals surface area contributed by atoms with E-state index in [0.717, 1.165) is 23.2 Å². The second-order valence-corrected chi connectivity index (χ2v) is 6.76. The smallest absolute Gasteiger partial charge is 0.467 e. The predicted octanol–water partition coefficient (Wildman–Crippen LogP) is 2.14. The van der Waals surface area contributed by atoms with E-state index in [1.165, 1.54) is 33.5 Å². The lowest BCUT2D eigenvalue weighted by atomic mass is 9.78. The van der Waals surface area contributed by atoms with Gasteiger partial charge in [0.1, 0.15) is 6.04 Å². The van der Waals surface area contributed by atoms with Crippen molar-refractivity contribution in [3.05, 3.63) is 65.2 Å². The first kappa shape index (κ1) is 24.4. The number of carbonyl (C=O) groups is 2. The Bertz CT molecular complexity index is 868. The summed E-state index contributed by atoms with van der Waals surface area (Å²) in [4.78, 5) is 24.5. The highest BCUT2D eigenvalue weighted by molar-refractivity contribution is 6.61. The van der Waals surface area contributed by atoms with Gasteiger partial charge in [0.2, 0.25) is 5.91 Å².